The van der Waals surface area contributed by atoms with Crippen LogP contribution < -0.4 is 0 Å². The van der Waals surface area contributed by atoms with Gasteiger partial charge in [0.05, 0.1) is 13.2 Å². The number of rotatable bonds is 4. The van der Waals surface area contributed by atoms with Crippen molar-refractivity contribution in [3.05, 3.63) is 35.9 Å². The summed E-state index contributed by atoms with van der Waals surface area (Å²) in [4.78, 5) is 11.0. The molecule has 4 nitrogen and oxygen atoms in total. The van der Waals surface area contributed by atoms with E-state index in [0.717, 1.165) is 5.56 Å². The Morgan fingerprint density at radius 1 is 1.33 bits per heavy atom. The van der Waals surface area contributed by atoms with E-state index in [-0.39, 0.29) is 19.4 Å². The molecule has 1 saturated heterocycles. The Hall–Kier alpha value is -1.39. The van der Waals surface area contributed by atoms with E-state index in [1.807, 2.05) is 30.3 Å². The zero-order chi connectivity index (χ0) is 10.5. The van der Waals surface area contributed by atoms with Crippen molar-refractivity contribution >= 4 is 5.97 Å². The summed E-state index contributed by atoms with van der Waals surface area (Å²) in [6, 6.07) is 9.76. The molecule has 0 aliphatic carbocycles. The molecule has 1 atom stereocenters. The molecule has 0 aromatic heterocycles. The van der Waals surface area contributed by atoms with Gasteiger partial charge in [-0.2, -0.15) is 0 Å². The summed E-state index contributed by atoms with van der Waals surface area (Å²) in [6.45, 7) is 0.764. The summed E-state index contributed by atoms with van der Waals surface area (Å²) in [7, 11) is 0. The Labute approximate surface area is 87.8 Å². The predicted molar refractivity (Wildman–Crippen MR) is 51.9 cm³/mol. The van der Waals surface area contributed by atoms with E-state index < -0.39 is 6.10 Å². The summed E-state index contributed by atoms with van der Waals surface area (Å²) in [5.74, 6) is -0.344. The normalized spacial score (nSPS) is 20.3. The van der Waals surface area contributed by atoms with E-state index in [2.05, 4.69) is 4.74 Å². The molecule has 1 aliphatic rings. The molecule has 1 heterocycles. The van der Waals surface area contributed by atoms with Gasteiger partial charge in [0.25, 0.3) is 0 Å². The van der Waals surface area contributed by atoms with Crippen LogP contribution in [0.4, 0.5) is 0 Å². The minimum Gasteiger partial charge on any atom is -0.436 e. The highest BCUT2D eigenvalue weighted by molar-refractivity contribution is 5.75. The van der Waals surface area contributed by atoms with Crippen molar-refractivity contribution < 1.29 is 19.0 Å². The van der Waals surface area contributed by atoms with Crippen LogP contribution in [0.5, 0.6) is 0 Å². The molecule has 1 aliphatic heterocycles. The molecule has 0 spiro atoms. The van der Waals surface area contributed by atoms with Crippen molar-refractivity contribution in [3.8, 4) is 0 Å². The number of ether oxygens (including phenoxy) is 3. The lowest BCUT2D eigenvalue weighted by Crippen LogP contribution is -2.22. The Morgan fingerprint density at radius 2 is 2.13 bits per heavy atom. The Morgan fingerprint density at radius 3 is 2.80 bits per heavy atom. The van der Waals surface area contributed by atoms with Crippen molar-refractivity contribution in [2.24, 2.45) is 0 Å². The van der Waals surface area contributed by atoms with Gasteiger partial charge in [-0.1, -0.05) is 30.3 Å². The highest BCUT2D eigenvalue weighted by Crippen LogP contribution is 2.07. The minimum absolute atomic E-state index is 0.0399. The van der Waals surface area contributed by atoms with Crippen LogP contribution in [-0.4, -0.2) is 25.5 Å². The van der Waals surface area contributed by atoms with Gasteiger partial charge in [-0.25, -0.2) is 4.79 Å². The van der Waals surface area contributed by atoms with E-state index in [9.17, 15) is 4.79 Å². The van der Waals surface area contributed by atoms with Crippen LogP contribution in [-0.2, 0) is 25.6 Å². The Balaban J connectivity index is 1.73. The molecule has 1 fully saturated rings. The van der Waals surface area contributed by atoms with E-state index in [0.29, 0.717) is 6.61 Å². The van der Waals surface area contributed by atoms with Gasteiger partial charge in [0.1, 0.15) is 0 Å². The Kier molecular flexibility index (Phi) is 3.32. The maximum atomic E-state index is 11.0. The first-order valence-electron chi connectivity index (χ1n) is 4.76. The van der Waals surface area contributed by atoms with Gasteiger partial charge < -0.3 is 14.2 Å². The van der Waals surface area contributed by atoms with Gasteiger partial charge in [-0.3, -0.25) is 0 Å². The van der Waals surface area contributed by atoms with Gasteiger partial charge in [0.2, 0.25) is 0 Å². The molecular formula is C11H12O4. The van der Waals surface area contributed by atoms with Crippen LogP contribution in [0.1, 0.15) is 5.56 Å². The monoisotopic (exact) mass is 208 g/mol. The van der Waals surface area contributed by atoms with E-state index >= 15 is 0 Å². The number of esters is 1. The fraction of sp³-hybridized carbons (Fsp3) is 0.364. The number of hydrogen-bond donors (Lipinski definition) is 0. The SMILES string of the molecule is O=C1OCOC1COCc1ccccc1. The first-order valence-corrected chi connectivity index (χ1v) is 4.76. The molecule has 2 rings (SSSR count). The highest BCUT2D eigenvalue weighted by Gasteiger charge is 2.27. The molecule has 15 heavy (non-hydrogen) atoms. The quantitative estimate of drug-likeness (QED) is 0.695. The third-order valence-corrected chi connectivity index (χ3v) is 2.11. The molecule has 0 amide bonds. The lowest BCUT2D eigenvalue weighted by molar-refractivity contribution is -0.140. The van der Waals surface area contributed by atoms with E-state index in [1.54, 1.807) is 0 Å². The molecule has 4 heteroatoms. The van der Waals surface area contributed by atoms with Crippen LogP contribution in [0.15, 0.2) is 30.3 Å². The molecule has 80 valence electrons. The fourth-order valence-electron chi connectivity index (χ4n) is 1.31. The molecule has 0 bridgehead atoms. The molecule has 1 aromatic rings. The van der Waals surface area contributed by atoms with Gasteiger partial charge in [-0.05, 0) is 5.56 Å². The van der Waals surface area contributed by atoms with Gasteiger partial charge in [-0.15, -0.1) is 0 Å². The summed E-state index contributed by atoms with van der Waals surface area (Å²) < 4.78 is 15.0. The average Bonchev–Trinajstić information content (AvgIpc) is 2.66. The van der Waals surface area contributed by atoms with Crippen molar-refractivity contribution in [2.75, 3.05) is 13.4 Å². The predicted octanol–water partition coefficient (Wildman–Crippen LogP) is 1.10. The molecule has 1 aromatic carbocycles. The van der Waals surface area contributed by atoms with Crippen molar-refractivity contribution in [1.29, 1.82) is 0 Å². The molecule has 0 radical (unpaired) electrons. The number of hydrogen-bond acceptors (Lipinski definition) is 4. The van der Waals surface area contributed by atoms with E-state index in [4.69, 9.17) is 9.47 Å². The summed E-state index contributed by atoms with van der Waals surface area (Å²) >= 11 is 0. The zero-order valence-corrected chi connectivity index (χ0v) is 8.22. The second kappa shape index (κ2) is 4.91. The number of benzene rings is 1. The fourth-order valence-corrected chi connectivity index (χ4v) is 1.31. The topological polar surface area (TPSA) is 44.8 Å². The summed E-state index contributed by atoms with van der Waals surface area (Å²) in [5.41, 5.74) is 1.07. The number of carbonyl (C=O) groups is 1. The molecule has 0 saturated carbocycles. The summed E-state index contributed by atoms with van der Waals surface area (Å²) in [6.07, 6.45) is -0.561. The number of carbonyl (C=O) groups excluding carboxylic acids is 1. The lowest BCUT2D eigenvalue weighted by atomic mass is 10.2. The second-order valence-electron chi connectivity index (χ2n) is 3.24. The van der Waals surface area contributed by atoms with Crippen LogP contribution in [0.25, 0.3) is 0 Å². The molecular weight excluding hydrogens is 196 g/mol. The number of cyclic esters (lactones) is 1. The van der Waals surface area contributed by atoms with Crippen molar-refractivity contribution in [3.63, 3.8) is 0 Å². The van der Waals surface area contributed by atoms with Gasteiger partial charge in [0.15, 0.2) is 12.9 Å². The summed E-state index contributed by atoms with van der Waals surface area (Å²) in [5, 5.41) is 0. The van der Waals surface area contributed by atoms with Crippen LogP contribution in [0.2, 0.25) is 0 Å². The first kappa shape index (κ1) is 10.1. The third kappa shape index (κ3) is 2.78. The largest absolute Gasteiger partial charge is 0.436 e. The van der Waals surface area contributed by atoms with E-state index in [1.165, 1.54) is 0 Å². The van der Waals surface area contributed by atoms with Gasteiger partial charge >= 0.3 is 5.97 Å². The first-order chi connectivity index (χ1) is 7.36. The van der Waals surface area contributed by atoms with Crippen LogP contribution in [0.3, 0.4) is 0 Å². The minimum atomic E-state index is -0.561. The standard InChI is InChI=1S/C11H12O4/c12-11-10(14-8-15-11)7-13-6-9-4-2-1-3-5-9/h1-5,10H,6-8H2. The molecule has 0 N–H and O–H groups in total. The molecule has 1 unspecified atom stereocenters. The van der Waals surface area contributed by atoms with Crippen molar-refractivity contribution in [2.45, 2.75) is 12.7 Å². The van der Waals surface area contributed by atoms with Gasteiger partial charge in [0, 0.05) is 0 Å². The van der Waals surface area contributed by atoms with Crippen molar-refractivity contribution in [1.82, 2.24) is 0 Å². The van der Waals surface area contributed by atoms with Crippen LogP contribution >= 0.6 is 0 Å². The average molecular weight is 208 g/mol. The second-order valence-corrected chi connectivity index (χ2v) is 3.24. The third-order valence-electron chi connectivity index (χ3n) is 2.11. The van der Waals surface area contributed by atoms with Crippen LogP contribution in [0, 0.1) is 0 Å². The maximum Gasteiger partial charge on any atom is 0.339 e. The zero-order valence-electron chi connectivity index (χ0n) is 8.22. The smallest absolute Gasteiger partial charge is 0.339 e. The highest BCUT2D eigenvalue weighted by atomic mass is 16.7. The Bertz CT molecular complexity index is 323. The lowest BCUT2D eigenvalue weighted by Gasteiger charge is -2.06. The maximum absolute atomic E-state index is 11.0.